The molecule has 120 valence electrons. The fraction of sp³-hybridized carbons (Fsp3) is 0.455. The van der Waals surface area contributed by atoms with E-state index >= 15 is 0 Å². The van der Waals surface area contributed by atoms with Crippen molar-refractivity contribution in [3.05, 3.63) is 28.8 Å². The van der Waals surface area contributed by atoms with Crippen molar-refractivity contribution in [3.63, 3.8) is 0 Å². The molecule has 0 aliphatic rings. The maximum Gasteiger partial charge on any atom is 0.416 e. The normalized spacial score (nSPS) is 13.5. The minimum absolute atomic E-state index is 0.389. The second-order valence-corrected chi connectivity index (χ2v) is 6.68. The Morgan fingerprint density at radius 2 is 1.76 bits per heavy atom. The summed E-state index contributed by atoms with van der Waals surface area (Å²) in [4.78, 5) is -0.785. The Kier molecular flexibility index (Phi) is 5.27. The van der Waals surface area contributed by atoms with Crippen LogP contribution in [0.2, 0.25) is 5.02 Å². The zero-order valence-electron chi connectivity index (χ0n) is 10.8. The van der Waals surface area contributed by atoms with Gasteiger partial charge in [-0.2, -0.15) is 13.2 Å². The molecule has 1 rings (SSSR count). The van der Waals surface area contributed by atoms with Crippen molar-refractivity contribution in [2.24, 2.45) is 0 Å². The van der Waals surface area contributed by atoms with Gasteiger partial charge in [-0.25, -0.2) is 13.1 Å². The van der Waals surface area contributed by atoms with Crippen LogP contribution in [0.4, 0.5) is 13.2 Å². The fourth-order valence-electron chi connectivity index (χ4n) is 1.38. The van der Waals surface area contributed by atoms with E-state index in [9.17, 15) is 21.6 Å². The summed E-state index contributed by atoms with van der Waals surface area (Å²) >= 11 is 5.63. The van der Waals surface area contributed by atoms with Crippen LogP contribution in [0.3, 0.4) is 0 Å². The van der Waals surface area contributed by atoms with Crippen molar-refractivity contribution >= 4 is 21.6 Å². The predicted molar refractivity (Wildman–Crippen MR) is 69.4 cm³/mol. The number of hydrogen-bond acceptors (Lipinski definition) is 4. The van der Waals surface area contributed by atoms with Crippen LogP contribution in [0.1, 0.15) is 12.5 Å². The predicted octanol–water partition coefficient (Wildman–Crippen LogP) is 1.38. The summed E-state index contributed by atoms with van der Waals surface area (Å²) in [6.07, 6.45) is -4.73. The highest BCUT2D eigenvalue weighted by Crippen LogP contribution is 2.33. The first kappa shape index (κ1) is 18.2. The third kappa shape index (κ3) is 4.30. The van der Waals surface area contributed by atoms with Gasteiger partial charge in [0.2, 0.25) is 10.0 Å². The largest absolute Gasteiger partial charge is 0.416 e. The summed E-state index contributed by atoms with van der Waals surface area (Å²) < 4.78 is 63.9. The standard InChI is InChI=1S/C11H13ClF3NO4S/c1-10(5-17,6-18)16-21(19,20)9-4-7(11(13,14)15)2-3-8(9)12/h2-4,16-18H,5-6H2,1H3. The van der Waals surface area contributed by atoms with Crippen molar-refractivity contribution in [1.82, 2.24) is 4.72 Å². The molecule has 0 aliphatic heterocycles. The molecule has 0 saturated carbocycles. The maximum absolute atomic E-state index is 12.6. The van der Waals surface area contributed by atoms with Crippen LogP contribution in [-0.4, -0.2) is 37.4 Å². The van der Waals surface area contributed by atoms with E-state index in [1.54, 1.807) is 0 Å². The van der Waals surface area contributed by atoms with Gasteiger partial charge in [0, 0.05) is 0 Å². The van der Waals surface area contributed by atoms with Crippen LogP contribution < -0.4 is 4.72 Å². The first-order valence-electron chi connectivity index (χ1n) is 5.58. The maximum atomic E-state index is 12.6. The molecule has 0 atom stereocenters. The number of aliphatic hydroxyl groups excluding tert-OH is 2. The Labute approximate surface area is 124 Å². The summed E-state index contributed by atoms with van der Waals surface area (Å²) in [6.45, 7) is -0.315. The number of nitrogens with one attached hydrogen (secondary N) is 1. The fourth-order valence-corrected chi connectivity index (χ4v) is 3.30. The van der Waals surface area contributed by atoms with Gasteiger partial charge in [0.1, 0.15) is 4.90 Å². The molecule has 0 heterocycles. The second-order valence-electron chi connectivity index (χ2n) is 4.63. The number of hydrogen-bond donors (Lipinski definition) is 3. The van der Waals surface area contributed by atoms with E-state index in [4.69, 9.17) is 21.8 Å². The monoisotopic (exact) mass is 347 g/mol. The van der Waals surface area contributed by atoms with E-state index in [1.807, 2.05) is 4.72 Å². The van der Waals surface area contributed by atoms with Crippen LogP contribution in [0.15, 0.2) is 23.1 Å². The highest BCUT2D eigenvalue weighted by atomic mass is 35.5. The Bertz CT molecular complexity index is 614. The molecule has 21 heavy (non-hydrogen) atoms. The van der Waals surface area contributed by atoms with Crippen molar-refractivity contribution in [2.45, 2.75) is 23.5 Å². The number of alkyl halides is 3. The molecule has 0 bridgehead atoms. The van der Waals surface area contributed by atoms with E-state index in [0.29, 0.717) is 12.1 Å². The molecule has 0 fully saturated rings. The summed E-state index contributed by atoms with van der Waals surface area (Å²) in [5.74, 6) is 0. The number of aliphatic hydroxyl groups is 2. The molecule has 0 aliphatic carbocycles. The lowest BCUT2D eigenvalue weighted by atomic mass is 10.1. The number of sulfonamides is 1. The van der Waals surface area contributed by atoms with Gasteiger partial charge >= 0.3 is 6.18 Å². The second kappa shape index (κ2) is 6.09. The molecule has 0 amide bonds. The molecule has 5 nitrogen and oxygen atoms in total. The smallest absolute Gasteiger partial charge is 0.394 e. The Balaban J connectivity index is 3.32. The molecule has 0 aromatic heterocycles. The third-order valence-electron chi connectivity index (χ3n) is 2.63. The molecular formula is C11H13ClF3NO4S. The van der Waals surface area contributed by atoms with Gasteiger partial charge in [-0.15, -0.1) is 0 Å². The molecule has 0 saturated heterocycles. The molecular weight excluding hydrogens is 335 g/mol. The highest BCUT2D eigenvalue weighted by molar-refractivity contribution is 7.89. The lowest BCUT2D eigenvalue weighted by Crippen LogP contribution is -2.51. The lowest BCUT2D eigenvalue weighted by molar-refractivity contribution is -0.137. The van der Waals surface area contributed by atoms with Gasteiger partial charge in [-0.3, -0.25) is 0 Å². The topological polar surface area (TPSA) is 86.6 Å². The van der Waals surface area contributed by atoms with Gasteiger partial charge in [-0.05, 0) is 25.1 Å². The van der Waals surface area contributed by atoms with E-state index in [1.165, 1.54) is 6.92 Å². The lowest BCUT2D eigenvalue weighted by Gasteiger charge is -2.26. The van der Waals surface area contributed by atoms with Crippen molar-refractivity contribution < 1.29 is 31.8 Å². The molecule has 1 aromatic rings. The number of rotatable bonds is 5. The summed E-state index contributed by atoms with van der Waals surface area (Å²) in [5, 5.41) is 17.7. The quantitative estimate of drug-likeness (QED) is 0.751. The van der Waals surface area contributed by atoms with E-state index < -0.39 is 50.4 Å². The van der Waals surface area contributed by atoms with Crippen LogP contribution in [0.25, 0.3) is 0 Å². The average Bonchev–Trinajstić information content (AvgIpc) is 2.37. The van der Waals surface area contributed by atoms with Gasteiger partial charge < -0.3 is 10.2 Å². The highest BCUT2D eigenvalue weighted by Gasteiger charge is 2.35. The van der Waals surface area contributed by atoms with Crippen molar-refractivity contribution in [1.29, 1.82) is 0 Å². The van der Waals surface area contributed by atoms with Crippen LogP contribution in [0, 0.1) is 0 Å². The summed E-state index contributed by atoms with van der Waals surface area (Å²) in [7, 11) is -4.46. The van der Waals surface area contributed by atoms with Crippen LogP contribution in [0.5, 0.6) is 0 Å². The molecule has 3 N–H and O–H groups in total. The SMILES string of the molecule is CC(CO)(CO)NS(=O)(=O)c1cc(C(F)(F)F)ccc1Cl. The minimum Gasteiger partial charge on any atom is -0.394 e. The first-order chi connectivity index (χ1) is 9.45. The number of halogens is 4. The Morgan fingerprint density at radius 3 is 2.19 bits per heavy atom. The zero-order valence-corrected chi connectivity index (χ0v) is 12.3. The minimum atomic E-state index is -4.73. The Morgan fingerprint density at radius 1 is 1.24 bits per heavy atom. The van der Waals surface area contributed by atoms with Gasteiger partial charge in [0.05, 0.1) is 29.3 Å². The molecule has 10 heteroatoms. The molecule has 0 radical (unpaired) electrons. The van der Waals surface area contributed by atoms with Crippen molar-refractivity contribution in [2.75, 3.05) is 13.2 Å². The van der Waals surface area contributed by atoms with Gasteiger partial charge in [-0.1, -0.05) is 11.6 Å². The van der Waals surface area contributed by atoms with Gasteiger partial charge in [0.25, 0.3) is 0 Å². The zero-order chi connectivity index (χ0) is 16.5. The van der Waals surface area contributed by atoms with Crippen molar-refractivity contribution in [3.8, 4) is 0 Å². The number of benzene rings is 1. The van der Waals surface area contributed by atoms with Crippen LogP contribution >= 0.6 is 11.6 Å². The van der Waals surface area contributed by atoms with E-state index in [-0.39, 0.29) is 0 Å². The molecule has 0 unspecified atom stereocenters. The Hall–Kier alpha value is -0.870. The average molecular weight is 348 g/mol. The summed E-state index contributed by atoms with van der Waals surface area (Å²) in [6, 6.07) is 1.85. The van der Waals surface area contributed by atoms with E-state index in [2.05, 4.69) is 0 Å². The molecule has 0 spiro atoms. The summed E-state index contributed by atoms with van der Waals surface area (Å²) in [5.41, 5.74) is -2.81. The molecule has 1 aromatic carbocycles. The van der Waals surface area contributed by atoms with E-state index in [0.717, 1.165) is 6.07 Å². The third-order valence-corrected chi connectivity index (χ3v) is 4.75. The van der Waals surface area contributed by atoms with Crippen LogP contribution in [-0.2, 0) is 16.2 Å². The van der Waals surface area contributed by atoms with Gasteiger partial charge in [0.15, 0.2) is 0 Å². The first-order valence-corrected chi connectivity index (χ1v) is 7.44.